The third-order valence-electron chi connectivity index (χ3n) is 9.84. The van der Waals surface area contributed by atoms with E-state index in [2.05, 4.69) is 40.7 Å². The highest BCUT2D eigenvalue weighted by Crippen LogP contribution is 2.55. The van der Waals surface area contributed by atoms with Gasteiger partial charge in [-0.05, 0) is 108 Å². The number of nitrogens with zero attached hydrogens (tertiary/aromatic N) is 1. The highest BCUT2D eigenvalue weighted by Gasteiger charge is 2.41. The van der Waals surface area contributed by atoms with Crippen molar-refractivity contribution in [1.29, 1.82) is 0 Å². The van der Waals surface area contributed by atoms with Gasteiger partial charge in [0, 0.05) is 23.1 Å². The van der Waals surface area contributed by atoms with Crippen molar-refractivity contribution in [3.05, 3.63) is 98.6 Å². The maximum Gasteiger partial charge on any atom is 0.160 e. The zero-order valence-electron chi connectivity index (χ0n) is 26.1. The molecule has 0 radical (unpaired) electrons. The molecule has 0 bridgehead atoms. The Labute approximate surface area is 267 Å². The first kappa shape index (κ1) is 28.9. The molecule has 3 aliphatic heterocycles. The smallest absolute Gasteiger partial charge is 0.160 e. The average molecular weight is 619 g/mol. The Morgan fingerprint density at radius 1 is 0.978 bits per heavy atom. The van der Waals surface area contributed by atoms with E-state index in [0.717, 1.165) is 76.9 Å². The highest BCUT2D eigenvalue weighted by molar-refractivity contribution is 5.85. The highest BCUT2D eigenvalue weighted by atomic mass is 16.6. The van der Waals surface area contributed by atoms with E-state index in [4.69, 9.17) is 18.9 Å². The van der Waals surface area contributed by atoms with Gasteiger partial charge in [0.2, 0.25) is 0 Å². The van der Waals surface area contributed by atoms with E-state index in [-0.39, 0.29) is 23.5 Å². The summed E-state index contributed by atoms with van der Waals surface area (Å²) in [5, 5.41) is 26.4. The Bertz CT molecular complexity index is 1970. The van der Waals surface area contributed by atoms with Gasteiger partial charge in [-0.25, -0.2) is 0 Å². The first-order chi connectivity index (χ1) is 22.5. The van der Waals surface area contributed by atoms with E-state index in [9.17, 15) is 10.2 Å². The van der Waals surface area contributed by atoms with Gasteiger partial charge in [0.05, 0.1) is 32.3 Å². The largest absolute Gasteiger partial charge is 0.508 e. The molecular weight excluding hydrogens is 580 g/mol. The second kappa shape index (κ2) is 11.7. The number of benzene rings is 4. The second-order valence-corrected chi connectivity index (χ2v) is 12.6. The lowest BCUT2D eigenvalue weighted by Crippen LogP contribution is -2.37. The second-order valence-electron chi connectivity index (χ2n) is 12.6. The molecule has 8 rings (SSSR count). The topological polar surface area (TPSA) is 102 Å². The minimum atomic E-state index is -0.406. The van der Waals surface area contributed by atoms with Crippen molar-refractivity contribution < 1.29 is 29.2 Å². The third-order valence-corrected chi connectivity index (χ3v) is 9.84. The summed E-state index contributed by atoms with van der Waals surface area (Å²) in [7, 11) is 3.42. The number of phenols is 2. The fourth-order valence-corrected chi connectivity index (χ4v) is 7.76. The average Bonchev–Trinajstić information content (AvgIpc) is 3.55. The summed E-state index contributed by atoms with van der Waals surface area (Å²) in [6.07, 6.45) is 5.54. The van der Waals surface area contributed by atoms with Gasteiger partial charge in [-0.2, -0.15) is 0 Å². The van der Waals surface area contributed by atoms with Crippen molar-refractivity contribution in [2.24, 2.45) is 4.99 Å². The lowest BCUT2D eigenvalue weighted by atomic mass is 9.72. The van der Waals surface area contributed by atoms with Crippen LogP contribution in [0.1, 0.15) is 51.8 Å². The van der Waals surface area contributed by atoms with Crippen LogP contribution in [0.3, 0.4) is 0 Å². The number of aromatic hydroxyl groups is 2. The van der Waals surface area contributed by atoms with E-state index in [1.807, 2.05) is 25.2 Å². The summed E-state index contributed by atoms with van der Waals surface area (Å²) in [4.78, 5) is 4.57. The Morgan fingerprint density at radius 3 is 2.76 bits per heavy atom. The number of hydrogen-bond acceptors (Lipinski definition) is 8. The predicted molar refractivity (Wildman–Crippen MR) is 175 cm³/mol. The Balaban J connectivity index is 1.28. The van der Waals surface area contributed by atoms with Crippen LogP contribution in [0.25, 0.3) is 17.2 Å². The molecule has 4 aromatic rings. The van der Waals surface area contributed by atoms with Crippen molar-refractivity contribution in [1.82, 2.24) is 5.32 Å². The van der Waals surface area contributed by atoms with Crippen LogP contribution in [-0.4, -0.2) is 50.4 Å². The molecule has 3 atom stereocenters. The van der Waals surface area contributed by atoms with Gasteiger partial charge < -0.3 is 29.2 Å². The minimum absolute atomic E-state index is 0.0846. The zero-order valence-corrected chi connectivity index (χ0v) is 26.1. The fraction of sp³-hybridized carbons (Fsp3) is 0.342. The maximum atomic E-state index is 10.7. The molecular formula is C38H38N2O6. The molecule has 3 heterocycles. The number of fused-ring (bicyclic) bond motifs is 9. The van der Waals surface area contributed by atoms with Crippen LogP contribution in [0, 0.1) is 0 Å². The summed E-state index contributed by atoms with van der Waals surface area (Å²) in [6.45, 7) is 1.76. The Morgan fingerprint density at radius 2 is 1.89 bits per heavy atom. The first-order valence-corrected chi connectivity index (χ1v) is 16.1. The summed E-state index contributed by atoms with van der Waals surface area (Å²) in [5.41, 5.74) is 9.03. The van der Waals surface area contributed by atoms with E-state index >= 15 is 0 Å². The molecule has 0 saturated heterocycles. The van der Waals surface area contributed by atoms with Crippen molar-refractivity contribution >= 4 is 6.08 Å². The van der Waals surface area contributed by atoms with Crippen LogP contribution in [0.15, 0.2) is 59.6 Å². The SMILES string of the molecule is CNCO[C@@H]1Cc2c3c(c4c(c2O[C@@H]1c1ccc(O)c(OC)c1)CCCO4)-c1ccc(O)cc1[C@H](Cc1ccc2c(c1)=CCN=2)C3. The zero-order chi connectivity index (χ0) is 31.4. The predicted octanol–water partition coefficient (Wildman–Crippen LogP) is 4.63. The molecule has 8 nitrogen and oxygen atoms in total. The molecule has 3 N–H and O–H groups in total. The molecule has 8 heteroatoms. The molecule has 0 unspecified atom stereocenters. The summed E-state index contributed by atoms with van der Waals surface area (Å²) < 4.78 is 25.4. The third kappa shape index (κ3) is 4.87. The van der Waals surface area contributed by atoms with Crippen molar-refractivity contribution in [2.45, 2.75) is 50.2 Å². The van der Waals surface area contributed by atoms with Gasteiger partial charge in [0.1, 0.15) is 23.4 Å². The van der Waals surface area contributed by atoms with Crippen LogP contribution in [0.5, 0.6) is 28.7 Å². The lowest BCUT2D eigenvalue weighted by molar-refractivity contribution is -0.0434. The molecule has 236 valence electrons. The van der Waals surface area contributed by atoms with Gasteiger partial charge in [-0.15, -0.1) is 0 Å². The number of hydrogen-bond donors (Lipinski definition) is 3. The van der Waals surface area contributed by atoms with Crippen molar-refractivity contribution in [3.8, 4) is 39.9 Å². The first-order valence-electron chi connectivity index (χ1n) is 16.1. The Kier molecular flexibility index (Phi) is 7.34. The van der Waals surface area contributed by atoms with Gasteiger partial charge in [0.25, 0.3) is 0 Å². The summed E-state index contributed by atoms with van der Waals surface area (Å²) in [5.74, 6) is 2.70. The molecule has 4 aliphatic rings. The molecule has 0 aromatic heterocycles. The number of nitrogens with one attached hydrogen (secondary N) is 1. The minimum Gasteiger partial charge on any atom is -0.508 e. The van der Waals surface area contributed by atoms with Crippen LogP contribution in [0.2, 0.25) is 0 Å². The molecule has 1 aliphatic carbocycles. The number of methoxy groups -OCH3 is 1. The van der Waals surface area contributed by atoms with Crippen LogP contribution < -0.4 is 30.1 Å². The van der Waals surface area contributed by atoms with E-state index in [1.165, 1.54) is 21.9 Å². The number of ether oxygens (including phenoxy) is 4. The molecule has 0 amide bonds. The summed E-state index contributed by atoms with van der Waals surface area (Å²) >= 11 is 0. The Hall–Kier alpha value is -4.53. The standard InChI is InChI=1S/C38H38N2O6/c1-39-20-45-34-19-30-29-16-24(15-21-5-9-31-22(14-21)11-12-40-31)28-18-25(41)7-8-26(28)35(29)38-27(4-3-13-44-38)37(30)46-36(34)23-6-10-32(42)33(17-23)43-2/h5-11,14,17-18,24,34,36,39,41-42H,3-4,12-13,15-16,19-20H2,1-2H3/t24-,34-,36-/m1/s1. The monoisotopic (exact) mass is 618 g/mol. The normalized spacial score (nSPS) is 20.4. The summed E-state index contributed by atoms with van der Waals surface area (Å²) in [6, 6.07) is 17.7. The molecule has 4 aromatic carbocycles. The van der Waals surface area contributed by atoms with E-state index < -0.39 is 6.10 Å². The lowest BCUT2D eigenvalue weighted by Gasteiger charge is -2.40. The van der Waals surface area contributed by atoms with Crippen molar-refractivity contribution in [3.63, 3.8) is 0 Å². The van der Waals surface area contributed by atoms with Gasteiger partial charge >= 0.3 is 0 Å². The molecule has 0 fully saturated rings. The van der Waals surface area contributed by atoms with Crippen molar-refractivity contribution in [2.75, 3.05) is 34.0 Å². The van der Waals surface area contributed by atoms with E-state index in [1.54, 1.807) is 19.2 Å². The van der Waals surface area contributed by atoms with Gasteiger partial charge in [-0.1, -0.05) is 24.3 Å². The van der Waals surface area contributed by atoms with Gasteiger partial charge in [-0.3, -0.25) is 10.3 Å². The molecule has 46 heavy (non-hydrogen) atoms. The maximum absolute atomic E-state index is 10.7. The van der Waals surface area contributed by atoms with Gasteiger partial charge in [0.15, 0.2) is 17.6 Å². The van der Waals surface area contributed by atoms with Crippen LogP contribution >= 0.6 is 0 Å². The van der Waals surface area contributed by atoms with Crippen LogP contribution in [0.4, 0.5) is 0 Å². The van der Waals surface area contributed by atoms with E-state index in [0.29, 0.717) is 25.5 Å². The fourth-order valence-electron chi connectivity index (χ4n) is 7.76. The molecule has 0 saturated carbocycles. The molecule has 0 spiro atoms. The number of rotatable bonds is 7. The quantitative estimate of drug-likeness (QED) is 0.260. The number of phenolic OH excluding ortho intramolecular Hbond substituents is 2. The van der Waals surface area contributed by atoms with Crippen LogP contribution in [-0.2, 0) is 30.4 Å².